The molecular formula is C16H24N4. The predicted molar refractivity (Wildman–Crippen MR) is 83.6 cm³/mol. The Bertz CT molecular complexity index is 523. The molecule has 0 atom stereocenters. The van der Waals surface area contributed by atoms with E-state index in [0.29, 0.717) is 0 Å². The maximum atomic E-state index is 4.28. The van der Waals surface area contributed by atoms with Gasteiger partial charge in [-0.2, -0.15) is 5.10 Å². The van der Waals surface area contributed by atoms with Gasteiger partial charge in [0.2, 0.25) is 0 Å². The average molecular weight is 272 g/mol. The van der Waals surface area contributed by atoms with Crippen molar-refractivity contribution < 1.29 is 0 Å². The molecular weight excluding hydrogens is 248 g/mol. The monoisotopic (exact) mass is 272 g/mol. The Morgan fingerprint density at radius 3 is 2.50 bits per heavy atom. The largest absolute Gasteiger partial charge is 0.208 e. The Labute approximate surface area is 121 Å². The van der Waals surface area contributed by atoms with Gasteiger partial charge in [-0.25, -0.2) is 4.68 Å². The standard InChI is InChI=1S/C16H24N4/c1-14(2)7-6-8-15(3)9-10-16(4,5)11-19-20-12-17-18-13-20/h7,10-13H,6,8H2,1-5H3. The van der Waals surface area contributed by atoms with Crippen molar-refractivity contribution >= 4 is 6.21 Å². The molecule has 20 heavy (non-hydrogen) atoms. The summed E-state index contributed by atoms with van der Waals surface area (Å²) >= 11 is 0. The van der Waals surface area contributed by atoms with E-state index >= 15 is 0 Å². The van der Waals surface area contributed by atoms with Crippen LogP contribution in [0, 0.1) is 5.41 Å². The van der Waals surface area contributed by atoms with Crippen molar-refractivity contribution in [2.45, 2.75) is 47.5 Å². The fourth-order valence-electron chi connectivity index (χ4n) is 1.47. The summed E-state index contributed by atoms with van der Waals surface area (Å²) in [7, 11) is 0. The SMILES string of the molecule is CC(=C=CC(C)(C)C=Nn1cnnc1)CCC=C(C)C. The quantitative estimate of drug-likeness (QED) is 0.446. The van der Waals surface area contributed by atoms with Crippen molar-refractivity contribution in [2.75, 3.05) is 0 Å². The molecule has 0 radical (unpaired) electrons. The van der Waals surface area contributed by atoms with E-state index in [2.05, 4.69) is 67.8 Å². The van der Waals surface area contributed by atoms with Gasteiger partial charge in [-0.15, -0.1) is 15.9 Å². The van der Waals surface area contributed by atoms with Crippen LogP contribution in [0.15, 0.2) is 46.8 Å². The lowest BCUT2D eigenvalue weighted by molar-refractivity contribution is 0.681. The minimum atomic E-state index is -0.151. The Balaban J connectivity index is 2.63. The van der Waals surface area contributed by atoms with Crippen LogP contribution < -0.4 is 0 Å². The summed E-state index contributed by atoms with van der Waals surface area (Å²) in [4.78, 5) is 0. The number of rotatable bonds is 6. The van der Waals surface area contributed by atoms with Crippen molar-refractivity contribution in [3.05, 3.63) is 41.7 Å². The molecule has 0 unspecified atom stereocenters. The van der Waals surface area contributed by atoms with Gasteiger partial charge in [0.1, 0.15) is 12.7 Å². The first kappa shape index (κ1) is 16.1. The maximum Gasteiger partial charge on any atom is 0.141 e. The zero-order chi connectivity index (χ0) is 15.0. The molecule has 0 aromatic carbocycles. The van der Waals surface area contributed by atoms with Crippen LogP contribution in [0.25, 0.3) is 0 Å². The number of aromatic nitrogens is 3. The van der Waals surface area contributed by atoms with Gasteiger partial charge >= 0.3 is 0 Å². The summed E-state index contributed by atoms with van der Waals surface area (Å²) in [6, 6.07) is 0. The summed E-state index contributed by atoms with van der Waals surface area (Å²) in [6.07, 6.45) is 11.4. The molecule has 1 rings (SSSR count). The lowest BCUT2D eigenvalue weighted by Crippen LogP contribution is -2.09. The second kappa shape index (κ2) is 7.61. The Morgan fingerprint density at radius 2 is 1.90 bits per heavy atom. The Hall–Kier alpha value is -1.93. The Kier molecular flexibility index (Phi) is 6.13. The maximum absolute atomic E-state index is 4.28. The van der Waals surface area contributed by atoms with Crippen molar-refractivity contribution in [3.63, 3.8) is 0 Å². The van der Waals surface area contributed by atoms with Crippen LogP contribution in [0.1, 0.15) is 47.5 Å². The van der Waals surface area contributed by atoms with Gasteiger partial charge in [-0.3, -0.25) is 0 Å². The molecule has 4 nitrogen and oxygen atoms in total. The van der Waals surface area contributed by atoms with E-state index in [1.807, 2.05) is 6.21 Å². The van der Waals surface area contributed by atoms with Crippen LogP contribution >= 0.6 is 0 Å². The lowest BCUT2D eigenvalue weighted by Gasteiger charge is -2.11. The molecule has 1 aromatic rings. The summed E-state index contributed by atoms with van der Waals surface area (Å²) in [5.41, 5.74) is 5.83. The second-order valence-corrected chi connectivity index (χ2v) is 5.80. The van der Waals surface area contributed by atoms with Gasteiger partial charge < -0.3 is 0 Å². The minimum Gasteiger partial charge on any atom is -0.208 e. The molecule has 0 saturated heterocycles. The van der Waals surface area contributed by atoms with E-state index in [-0.39, 0.29) is 5.41 Å². The third-order valence-electron chi connectivity index (χ3n) is 2.69. The van der Waals surface area contributed by atoms with Crippen LogP contribution in [0.4, 0.5) is 0 Å². The highest BCUT2D eigenvalue weighted by Gasteiger charge is 2.09. The first-order chi connectivity index (χ1) is 9.39. The van der Waals surface area contributed by atoms with Gasteiger partial charge in [0.15, 0.2) is 0 Å². The summed E-state index contributed by atoms with van der Waals surface area (Å²) in [5.74, 6) is 0. The third kappa shape index (κ3) is 6.86. The first-order valence-corrected chi connectivity index (χ1v) is 6.86. The fraction of sp³-hybridized carbons (Fsp3) is 0.500. The van der Waals surface area contributed by atoms with Gasteiger partial charge in [0.25, 0.3) is 0 Å². The normalized spacial score (nSPS) is 11.2. The molecule has 0 aliphatic heterocycles. The van der Waals surface area contributed by atoms with Crippen molar-refractivity contribution in [1.82, 2.24) is 14.9 Å². The van der Waals surface area contributed by atoms with Gasteiger partial charge in [0.05, 0.1) is 0 Å². The van der Waals surface area contributed by atoms with Crippen molar-refractivity contribution in [3.8, 4) is 0 Å². The van der Waals surface area contributed by atoms with Crippen LogP contribution in [-0.4, -0.2) is 21.1 Å². The molecule has 0 spiro atoms. The summed E-state index contributed by atoms with van der Waals surface area (Å²) < 4.78 is 1.58. The van der Waals surface area contributed by atoms with E-state index in [4.69, 9.17) is 0 Å². The molecule has 1 heterocycles. The van der Waals surface area contributed by atoms with Crippen LogP contribution in [0.2, 0.25) is 0 Å². The molecule has 0 bridgehead atoms. The highest BCUT2D eigenvalue weighted by molar-refractivity contribution is 5.67. The topological polar surface area (TPSA) is 43.1 Å². The molecule has 1 aromatic heterocycles. The number of allylic oxidation sites excluding steroid dienone is 3. The molecule has 0 N–H and O–H groups in total. The summed E-state index contributed by atoms with van der Waals surface area (Å²) in [6.45, 7) is 10.6. The highest BCUT2D eigenvalue weighted by Crippen LogP contribution is 2.14. The molecule has 0 aliphatic rings. The van der Waals surface area contributed by atoms with E-state index in [0.717, 1.165) is 12.8 Å². The zero-order valence-electron chi connectivity index (χ0n) is 13.1. The first-order valence-electron chi connectivity index (χ1n) is 6.86. The predicted octanol–water partition coefficient (Wildman–Crippen LogP) is 3.99. The lowest BCUT2D eigenvalue weighted by atomic mass is 9.95. The van der Waals surface area contributed by atoms with Gasteiger partial charge in [0, 0.05) is 11.6 Å². The molecule has 0 amide bonds. The van der Waals surface area contributed by atoms with Crippen molar-refractivity contribution in [2.24, 2.45) is 10.5 Å². The van der Waals surface area contributed by atoms with Gasteiger partial charge in [-0.05, 0) is 45.3 Å². The van der Waals surface area contributed by atoms with E-state index in [1.54, 1.807) is 17.3 Å². The molecule has 108 valence electrons. The van der Waals surface area contributed by atoms with Crippen LogP contribution in [-0.2, 0) is 0 Å². The number of hydrogen-bond donors (Lipinski definition) is 0. The molecule has 0 fully saturated rings. The molecule has 4 heteroatoms. The number of hydrogen-bond acceptors (Lipinski definition) is 3. The minimum absolute atomic E-state index is 0.151. The van der Waals surface area contributed by atoms with E-state index in [9.17, 15) is 0 Å². The zero-order valence-corrected chi connectivity index (χ0v) is 13.1. The smallest absolute Gasteiger partial charge is 0.141 e. The number of nitrogens with zero attached hydrogens (tertiary/aromatic N) is 4. The fourth-order valence-corrected chi connectivity index (χ4v) is 1.47. The van der Waals surface area contributed by atoms with Gasteiger partial charge in [-0.1, -0.05) is 25.5 Å². The Morgan fingerprint density at radius 1 is 1.25 bits per heavy atom. The van der Waals surface area contributed by atoms with Crippen LogP contribution in [0.3, 0.4) is 0 Å². The molecule has 0 aliphatic carbocycles. The average Bonchev–Trinajstić information content (AvgIpc) is 2.87. The highest BCUT2D eigenvalue weighted by atomic mass is 15.4. The van der Waals surface area contributed by atoms with E-state index in [1.165, 1.54) is 11.1 Å². The second-order valence-electron chi connectivity index (χ2n) is 5.80. The molecule has 0 saturated carbocycles. The van der Waals surface area contributed by atoms with Crippen LogP contribution in [0.5, 0.6) is 0 Å². The summed E-state index contributed by atoms with van der Waals surface area (Å²) in [5, 5.41) is 11.7. The third-order valence-corrected chi connectivity index (χ3v) is 2.69. The van der Waals surface area contributed by atoms with Crippen molar-refractivity contribution in [1.29, 1.82) is 0 Å². The van der Waals surface area contributed by atoms with E-state index < -0.39 is 0 Å².